The van der Waals surface area contributed by atoms with Gasteiger partial charge in [0.05, 0.1) is 24.3 Å². The predicted octanol–water partition coefficient (Wildman–Crippen LogP) is 2.83. The number of halogens is 1. The lowest BCUT2D eigenvalue weighted by Crippen LogP contribution is -2.08. The summed E-state index contributed by atoms with van der Waals surface area (Å²) < 4.78 is 1.94. The van der Waals surface area contributed by atoms with Crippen LogP contribution < -0.4 is 0 Å². The minimum Gasteiger partial charge on any atom is -0.386 e. The first-order valence-corrected chi connectivity index (χ1v) is 6.01. The maximum absolute atomic E-state index is 10.2. The minimum atomic E-state index is -0.545. The van der Waals surface area contributed by atoms with Crippen LogP contribution in [0.3, 0.4) is 0 Å². The van der Waals surface area contributed by atoms with Gasteiger partial charge in [-0.05, 0) is 24.6 Å². The standard InChI is InChI=1S/C13H15ClN2O/c1-2-16-9-15-8-12(16)13(17)7-10-4-3-5-11(14)6-10/h3-6,8-9,13,17H,2,7H2,1H3. The molecule has 4 heteroatoms. The molecule has 0 saturated heterocycles. The van der Waals surface area contributed by atoms with Crippen LogP contribution in [-0.2, 0) is 13.0 Å². The number of hydrogen-bond acceptors (Lipinski definition) is 2. The number of rotatable bonds is 4. The highest BCUT2D eigenvalue weighted by Crippen LogP contribution is 2.20. The van der Waals surface area contributed by atoms with Crippen molar-refractivity contribution < 1.29 is 5.11 Å². The van der Waals surface area contributed by atoms with Crippen LogP contribution in [0.1, 0.15) is 24.3 Å². The van der Waals surface area contributed by atoms with Crippen molar-refractivity contribution in [1.82, 2.24) is 9.55 Å². The van der Waals surface area contributed by atoms with Gasteiger partial charge in [-0.3, -0.25) is 0 Å². The Morgan fingerprint density at radius 1 is 1.47 bits per heavy atom. The summed E-state index contributed by atoms with van der Waals surface area (Å²) in [6.45, 7) is 2.83. The second-order valence-corrected chi connectivity index (χ2v) is 4.39. The Hall–Kier alpha value is -1.32. The summed E-state index contributed by atoms with van der Waals surface area (Å²) in [7, 11) is 0. The SMILES string of the molecule is CCn1cncc1C(O)Cc1cccc(Cl)c1. The molecule has 1 aromatic heterocycles. The summed E-state index contributed by atoms with van der Waals surface area (Å²) in [5, 5.41) is 10.9. The molecule has 3 nitrogen and oxygen atoms in total. The molecule has 0 saturated carbocycles. The molecule has 1 N–H and O–H groups in total. The Kier molecular flexibility index (Phi) is 3.82. The number of aliphatic hydroxyl groups excluding tert-OH is 1. The van der Waals surface area contributed by atoms with Crippen molar-refractivity contribution >= 4 is 11.6 Å². The quantitative estimate of drug-likeness (QED) is 0.906. The van der Waals surface area contributed by atoms with E-state index in [1.54, 1.807) is 12.5 Å². The average Bonchev–Trinajstić information content (AvgIpc) is 2.77. The maximum Gasteiger partial charge on any atom is 0.0995 e. The number of benzene rings is 1. The lowest BCUT2D eigenvalue weighted by molar-refractivity contribution is 0.169. The van der Waals surface area contributed by atoms with E-state index in [0.29, 0.717) is 11.4 Å². The first kappa shape index (κ1) is 12.1. The molecule has 1 aromatic carbocycles. The van der Waals surface area contributed by atoms with Gasteiger partial charge in [-0.1, -0.05) is 23.7 Å². The fourth-order valence-electron chi connectivity index (χ4n) is 1.86. The molecule has 0 aliphatic carbocycles. The van der Waals surface area contributed by atoms with E-state index in [0.717, 1.165) is 17.8 Å². The first-order valence-electron chi connectivity index (χ1n) is 5.63. The highest BCUT2D eigenvalue weighted by molar-refractivity contribution is 6.30. The fourth-order valence-corrected chi connectivity index (χ4v) is 2.08. The lowest BCUT2D eigenvalue weighted by Gasteiger charge is -2.12. The van der Waals surface area contributed by atoms with Crippen molar-refractivity contribution in [3.05, 3.63) is 53.1 Å². The molecule has 2 aromatic rings. The predicted molar refractivity (Wildman–Crippen MR) is 68.0 cm³/mol. The van der Waals surface area contributed by atoms with E-state index in [1.165, 1.54) is 0 Å². The smallest absolute Gasteiger partial charge is 0.0995 e. The summed E-state index contributed by atoms with van der Waals surface area (Å²) >= 11 is 5.91. The monoisotopic (exact) mass is 250 g/mol. The van der Waals surface area contributed by atoms with Crippen molar-refractivity contribution in [1.29, 1.82) is 0 Å². The second-order valence-electron chi connectivity index (χ2n) is 3.95. The topological polar surface area (TPSA) is 38.0 Å². The van der Waals surface area contributed by atoms with E-state index in [9.17, 15) is 5.11 Å². The molecule has 1 heterocycles. The van der Waals surface area contributed by atoms with Crippen LogP contribution in [-0.4, -0.2) is 14.7 Å². The zero-order chi connectivity index (χ0) is 12.3. The third-order valence-electron chi connectivity index (χ3n) is 2.74. The van der Waals surface area contributed by atoms with Gasteiger partial charge in [-0.15, -0.1) is 0 Å². The van der Waals surface area contributed by atoms with Crippen molar-refractivity contribution in [2.24, 2.45) is 0 Å². The van der Waals surface area contributed by atoms with Crippen LogP contribution in [0.25, 0.3) is 0 Å². The number of aromatic nitrogens is 2. The highest BCUT2D eigenvalue weighted by Gasteiger charge is 2.12. The summed E-state index contributed by atoms with van der Waals surface area (Å²) in [4.78, 5) is 4.05. The fraction of sp³-hybridized carbons (Fsp3) is 0.308. The van der Waals surface area contributed by atoms with Gasteiger partial charge >= 0.3 is 0 Å². The van der Waals surface area contributed by atoms with Gasteiger partial charge < -0.3 is 9.67 Å². The number of nitrogens with zero attached hydrogens (tertiary/aromatic N) is 2. The summed E-state index contributed by atoms with van der Waals surface area (Å²) in [5.41, 5.74) is 1.86. The Balaban J connectivity index is 2.14. The van der Waals surface area contributed by atoms with Gasteiger partial charge in [0.2, 0.25) is 0 Å². The number of aryl methyl sites for hydroxylation is 1. The number of imidazole rings is 1. The van der Waals surface area contributed by atoms with Crippen molar-refractivity contribution in [3.63, 3.8) is 0 Å². The van der Waals surface area contributed by atoms with Gasteiger partial charge in [0, 0.05) is 18.0 Å². The van der Waals surface area contributed by atoms with E-state index in [2.05, 4.69) is 4.98 Å². The van der Waals surface area contributed by atoms with Crippen molar-refractivity contribution in [3.8, 4) is 0 Å². The normalized spacial score (nSPS) is 12.6. The molecule has 1 unspecified atom stereocenters. The summed E-state index contributed by atoms with van der Waals surface area (Å²) in [6.07, 6.45) is 3.44. The highest BCUT2D eigenvalue weighted by atomic mass is 35.5. The molecule has 2 rings (SSSR count). The van der Waals surface area contributed by atoms with Gasteiger partial charge in [-0.25, -0.2) is 4.98 Å². The zero-order valence-electron chi connectivity index (χ0n) is 9.68. The third-order valence-corrected chi connectivity index (χ3v) is 2.98. The van der Waals surface area contributed by atoms with Crippen LogP contribution in [0.5, 0.6) is 0 Å². The van der Waals surface area contributed by atoms with Crippen molar-refractivity contribution in [2.75, 3.05) is 0 Å². The molecule has 17 heavy (non-hydrogen) atoms. The minimum absolute atomic E-state index is 0.545. The molecular formula is C13H15ClN2O. The van der Waals surface area contributed by atoms with Crippen LogP contribution in [0.4, 0.5) is 0 Å². The molecule has 0 aliphatic heterocycles. The molecule has 0 amide bonds. The van der Waals surface area contributed by atoms with E-state index < -0.39 is 6.10 Å². The molecular weight excluding hydrogens is 236 g/mol. The van der Waals surface area contributed by atoms with Gasteiger partial charge in [0.25, 0.3) is 0 Å². The van der Waals surface area contributed by atoms with E-state index in [1.807, 2.05) is 35.8 Å². The molecule has 0 radical (unpaired) electrons. The van der Waals surface area contributed by atoms with Crippen LogP contribution in [0.15, 0.2) is 36.8 Å². The molecule has 0 bridgehead atoms. The van der Waals surface area contributed by atoms with Crippen LogP contribution in [0.2, 0.25) is 5.02 Å². The van der Waals surface area contributed by atoms with Crippen molar-refractivity contribution in [2.45, 2.75) is 26.0 Å². The van der Waals surface area contributed by atoms with Gasteiger partial charge in [-0.2, -0.15) is 0 Å². The van der Waals surface area contributed by atoms with E-state index in [-0.39, 0.29) is 0 Å². The average molecular weight is 251 g/mol. The molecule has 0 fully saturated rings. The largest absolute Gasteiger partial charge is 0.386 e. The van der Waals surface area contributed by atoms with E-state index in [4.69, 9.17) is 11.6 Å². The number of hydrogen-bond donors (Lipinski definition) is 1. The Bertz CT molecular complexity index is 496. The van der Waals surface area contributed by atoms with Crippen LogP contribution in [0, 0.1) is 0 Å². The molecule has 0 aliphatic rings. The summed E-state index contributed by atoms with van der Waals surface area (Å²) in [6, 6.07) is 7.55. The Labute approximate surface area is 106 Å². The summed E-state index contributed by atoms with van der Waals surface area (Å²) in [5.74, 6) is 0. The second kappa shape index (κ2) is 5.34. The number of aliphatic hydroxyl groups is 1. The van der Waals surface area contributed by atoms with Gasteiger partial charge in [0.15, 0.2) is 0 Å². The maximum atomic E-state index is 10.2. The zero-order valence-corrected chi connectivity index (χ0v) is 10.4. The Morgan fingerprint density at radius 2 is 2.29 bits per heavy atom. The molecule has 1 atom stereocenters. The Morgan fingerprint density at radius 3 is 3.00 bits per heavy atom. The molecule has 90 valence electrons. The first-order chi connectivity index (χ1) is 8.20. The van der Waals surface area contributed by atoms with Crippen LogP contribution >= 0.6 is 11.6 Å². The lowest BCUT2D eigenvalue weighted by atomic mass is 10.1. The van der Waals surface area contributed by atoms with E-state index >= 15 is 0 Å². The third kappa shape index (κ3) is 2.87. The molecule has 0 spiro atoms. The van der Waals surface area contributed by atoms with Gasteiger partial charge in [0.1, 0.15) is 0 Å².